The Bertz CT molecular complexity index is 461. The molecule has 2 atom stereocenters. The fraction of sp³-hybridized carbons (Fsp3) is 0.824. The van der Waals surface area contributed by atoms with Crippen LogP contribution in [0.3, 0.4) is 0 Å². The molecule has 0 saturated heterocycles. The summed E-state index contributed by atoms with van der Waals surface area (Å²) in [5.41, 5.74) is 0.545. The van der Waals surface area contributed by atoms with Crippen LogP contribution in [0.1, 0.15) is 54.4 Å². The monoisotopic (exact) mass is 295 g/mol. The Morgan fingerprint density at radius 1 is 1.38 bits per heavy atom. The van der Waals surface area contributed by atoms with E-state index in [-0.39, 0.29) is 23.0 Å². The molecular weight excluding hydrogens is 266 g/mol. The molecule has 0 aromatic heterocycles. The molecule has 21 heavy (non-hydrogen) atoms. The first kappa shape index (κ1) is 16.3. The molecule has 1 amide bonds. The maximum absolute atomic E-state index is 12.3. The van der Waals surface area contributed by atoms with E-state index >= 15 is 0 Å². The highest BCUT2D eigenvalue weighted by Crippen LogP contribution is 2.52. The van der Waals surface area contributed by atoms with Crippen LogP contribution in [0, 0.1) is 10.8 Å². The zero-order valence-electron chi connectivity index (χ0n) is 14.2. The van der Waals surface area contributed by atoms with E-state index in [9.17, 15) is 9.90 Å². The first-order valence-corrected chi connectivity index (χ1v) is 7.83. The van der Waals surface area contributed by atoms with Gasteiger partial charge >= 0.3 is 6.09 Å². The van der Waals surface area contributed by atoms with Crippen molar-refractivity contribution < 1.29 is 14.6 Å². The zero-order chi connectivity index (χ0) is 16.1. The van der Waals surface area contributed by atoms with Crippen molar-refractivity contribution in [2.75, 3.05) is 13.1 Å². The van der Waals surface area contributed by atoms with E-state index in [0.717, 1.165) is 12.8 Å². The molecule has 0 bridgehead atoms. The number of ether oxygens (including phenoxy) is 1. The van der Waals surface area contributed by atoms with E-state index in [2.05, 4.69) is 26.8 Å². The third-order valence-corrected chi connectivity index (χ3v) is 4.85. The van der Waals surface area contributed by atoms with Crippen LogP contribution >= 0.6 is 0 Å². The molecule has 1 aliphatic heterocycles. The molecule has 1 fully saturated rings. The van der Waals surface area contributed by atoms with Crippen molar-refractivity contribution in [2.24, 2.45) is 10.8 Å². The second-order valence-corrected chi connectivity index (χ2v) is 8.32. The smallest absolute Gasteiger partial charge is 0.410 e. The number of carbonyl (C=O) groups excluding carboxylic acids is 1. The van der Waals surface area contributed by atoms with Crippen LogP contribution in [0.15, 0.2) is 11.6 Å². The Morgan fingerprint density at radius 2 is 2.00 bits per heavy atom. The van der Waals surface area contributed by atoms with Gasteiger partial charge in [-0.3, -0.25) is 0 Å². The van der Waals surface area contributed by atoms with E-state index in [4.69, 9.17) is 4.74 Å². The van der Waals surface area contributed by atoms with Gasteiger partial charge in [-0.25, -0.2) is 4.79 Å². The predicted octanol–water partition coefficient (Wildman–Crippen LogP) is 3.35. The lowest BCUT2D eigenvalue weighted by Gasteiger charge is -2.52. The van der Waals surface area contributed by atoms with Crippen molar-refractivity contribution in [1.29, 1.82) is 0 Å². The molecule has 2 aliphatic rings. The Morgan fingerprint density at radius 3 is 2.57 bits per heavy atom. The minimum Gasteiger partial charge on any atom is -0.444 e. The van der Waals surface area contributed by atoms with Crippen molar-refractivity contribution >= 4 is 6.09 Å². The minimum absolute atomic E-state index is 0.0577. The molecular formula is C17H29NO3. The summed E-state index contributed by atoms with van der Waals surface area (Å²) in [6, 6.07) is 0. The number of carbonyl (C=O) groups is 1. The van der Waals surface area contributed by atoms with Crippen LogP contribution in [0.4, 0.5) is 4.79 Å². The summed E-state index contributed by atoms with van der Waals surface area (Å²) in [5, 5.41) is 10.3. The van der Waals surface area contributed by atoms with Crippen LogP contribution in [-0.4, -0.2) is 40.9 Å². The molecule has 1 heterocycles. The second-order valence-electron chi connectivity index (χ2n) is 8.32. The van der Waals surface area contributed by atoms with Gasteiger partial charge in [0.05, 0.1) is 6.10 Å². The summed E-state index contributed by atoms with van der Waals surface area (Å²) in [7, 11) is 0. The molecule has 120 valence electrons. The third-order valence-electron chi connectivity index (χ3n) is 4.85. The SMILES string of the molecule is CC(C)(C)OC(=O)N1CC=C2C(C)(CCC(O)C2(C)C)C1. The first-order chi connectivity index (χ1) is 9.46. The molecule has 0 spiro atoms. The highest BCUT2D eigenvalue weighted by atomic mass is 16.6. The zero-order valence-corrected chi connectivity index (χ0v) is 14.2. The Balaban J connectivity index is 2.21. The lowest BCUT2D eigenvalue weighted by atomic mass is 9.58. The third kappa shape index (κ3) is 3.10. The number of amides is 1. The van der Waals surface area contributed by atoms with Gasteiger partial charge in [-0.2, -0.15) is 0 Å². The van der Waals surface area contributed by atoms with Gasteiger partial charge in [-0.1, -0.05) is 32.4 Å². The summed E-state index contributed by atoms with van der Waals surface area (Å²) in [6.07, 6.45) is 3.26. The fourth-order valence-electron chi connectivity index (χ4n) is 3.73. The van der Waals surface area contributed by atoms with Gasteiger partial charge in [0.15, 0.2) is 0 Å². The minimum atomic E-state index is -0.468. The predicted molar refractivity (Wildman–Crippen MR) is 83.0 cm³/mol. The summed E-state index contributed by atoms with van der Waals surface area (Å²) in [4.78, 5) is 14.1. The number of fused-ring (bicyclic) bond motifs is 1. The maximum Gasteiger partial charge on any atom is 0.410 e. The molecule has 4 heteroatoms. The molecule has 1 N–H and O–H groups in total. The highest BCUT2D eigenvalue weighted by Gasteiger charge is 2.49. The Kier molecular flexibility index (Phi) is 3.90. The van der Waals surface area contributed by atoms with E-state index in [1.807, 2.05) is 20.8 Å². The number of nitrogens with zero attached hydrogens (tertiary/aromatic N) is 1. The van der Waals surface area contributed by atoms with Crippen LogP contribution < -0.4 is 0 Å². The average molecular weight is 295 g/mol. The molecule has 0 aromatic carbocycles. The molecule has 2 rings (SSSR count). The maximum atomic E-state index is 12.3. The highest BCUT2D eigenvalue weighted by molar-refractivity contribution is 5.69. The number of aliphatic hydroxyl groups is 1. The standard InChI is InChI=1S/C17H29NO3/c1-15(2,3)21-14(20)18-10-8-12-16(4,5)13(19)7-9-17(12,6)11-18/h8,13,19H,7,9-11H2,1-6H3. The van der Waals surface area contributed by atoms with E-state index in [1.54, 1.807) is 4.90 Å². The summed E-state index contributed by atoms with van der Waals surface area (Å²) >= 11 is 0. The van der Waals surface area contributed by atoms with Crippen molar-refractivity contribution in [3.8, 4) is 0 Å². The van der Waals surface area contributed by atoms with Crippen LogP contribution in [0.25, 0.3) is 0 Å². The molecule has 2 unspecified atom stereocenters. The van der Waals surface area contributed by atoms with Crippen molar-refractivity contribution in [2.45, 2.75) is 66.1 Å². The van der Waals surface area contributed by atoms with E-state index < -0.39 is 5.60 Å². The van der Waals surface area contributed by atoms with Crippen LogP contribution in [0.2, 0.25) is 0 Å². The van der Waals surface area contributed by atoms with Crippen LogP contribution in [-0.2, 0) is 4.74 Å². The van der Waals surface area contributed by atoms with Gasteiger partial charge < -0.3 is 14.7 Å². The Labute approximate surface area is 128 Å². The molecule has 0 aromatic rings. The van der Waals surface area contributed by atoms with Crippen molar-refractivity contribution in [3.05, 3.63) is 11.6 Å². The van der Waals surface area contributed by atoms with Gasteiger partial charge in [0.2, 0.25) is 0 Å². The summed E-state index contributed by atoms with van der Waals surface area (Å²) < 4.78 is 5.48. The van der Waals surface area contributed by atoms with E-state index in [1.165, 1.54) is 5.57 Å². The molecule has 4 nitrogen and oxygen atoms in total. The summed E-state index contributed by atoms with van der Waals surface area (Å²) in [5.74, 6) is 0. The number of rotatable bonds is 0. The fourth-order valence-corrected chi connectivity index (χ4v) is 3.73. The van der Waals surface area contributed by atoms with Gasteiger partial charge in [0.1, 0.15) is 5.60 Å². The summed E-state index contributed by atoms with van der Waals surface area (Å²) in [6.45, 7) is 13.3. The van der Waals surface area contributed by atoms with Gasteiger partial charge in [0.25, 0.3) is 0 Å². The quantitative estimate of drug-likeness (QED) is 0.697. The largest absolute Gasteiger partial charge is 0.444 e. The normalized spacial score (nSPS) is 32.2. The van der Waals surface area contributed by atoms with Crippen molar-refractivity contribution in [3.63, 3.8) is 0 Å². The van der Waals surface area contributed by atoms with Gasteiger partial charge in [0, 0.05) is 23.9 Å². The average Bonchev–Trinajstić information content (AvgIpc) is 2.32. The topological polar surface area (TPSA) is 49.8 Å². The van der Waals surface area contributed by atoms with Gasteiger partial charge in [-0.05, 0) is 33.6 Å². The Hall–Kier alpha value is -1.03. The molecule has 1 aliphatic carbocycles. The number of aliphatic hydroxyl groups excluding tert-OH is 1. The van der Waals surface area contributed by atoms with E-state index in [0.29, 0.717) is 13.1 Å². The second kappa shape index (κ2) is 5.01. The molecule has 1 saturated carbocycles. The number of hydrogen-bond acceptors (Lipinski definition) is 3. The first-order valence-electron chi connectivity index (χ1n) is 7.83. The van der Waals surface area contributed by atoms with Crippen molar-refractivity contribution in [1.82, 2.24) is 4.90 Å². The lowest BCUT2D eigenvalue weighted by molar-refractivity contribution is -0.0126. The molecule has 0 radical (unpaired) electrons. The number of hydrogen-bond donors (Lipinski definition) is 1. The van der Waals surface area contributed by atoms with Gasteiger partial charge in [-0.15, -0.1) is 0 Å². The lowest BCUT2D eigenvalue weighted by Crippen LogP contribution is -2.53. The van der Waals surface area contributed by atoms with Crippen LogP contribution in [0.5, 0.6) is 0 Å².